The number of hydrogen-bond donors (Lipinski definition) is 0. The predicted molar refractivity (Wildman–Crippen MR) is 67.1 cm³/mol. The summed E-state index contributed by atoms with van der Waals surface area (Å²) in [5.74, 6) is 0. The van der Waals surface area contributed by atoms with Gasteiger partial charge in [0.15, 0.2) is 0 Å². The minimum Gasteiger partial charge on any atom is -0.0616 e. The van der Waals surface area contributed by atoms with Crippen LogP contribution in [0.1, 0.15) is 25.7 Å². The van der Waals surface area contributed by atoms with Gasteiger partial charge in [-0.2, -0.15) is 0 Å². The largest absolute Gasteiger partial charge is 0.0616 e. The van der Waals surface area contributed by atoms with Crippen molar-refractivity contribution >= 4 is 11.6 Å². The van der Waals surface area contributed by atoms with Crippen molar-refractivity contribution in [3.63, 3.8) is 0 Å². The van der Waals surface area contributed by atoms with Gasteiger partial charge in [0.1, 0.15) is 0 Å². The lowest BCUT2D eigenvalue weighted by Crippen LogP contribution is -2.22. The van der Waals surface area contributed by atoms with Crippen LogP contribution in [0, 0.1) is 0 Å². The van der Waals surface area contributed by atoms with Gasteiger partial charge in [-0.25, -0.2) is 0 Å². The topological polar surface area (TPSA) is 0 Å². The Morgan fingerprint density at radius 3 is 2.75 bits per heavy atom. The average molecular weight is 206 g/mol. The Morgan fingerprint density at radius 1 is 0.875 bits per heavy atom. The molecule has 4 rings (SSSR count). The zero-order valence-electron chi connectivity index (χ0n) is 9.29. The lowest BCUT2D eigenvalue weighted by molar-refractivity contribution is 0.699. The predicted octanol–water partition coefficient (Wildman–Crippen LogP) is 2.44. The first-order valence-electron chi connectivity index (χ1n) is 6.19. The van der Waals surface area contributed by atoms with Gasteiger partial charge in [0.05, 0.1) is 0 Å². The Balaban J connectivity index is 2.08. The van der Waals surface area contributed by atoms with Gasteiger partial charge in [-0.15, -0.1) is 0 Å². The first kappa shape index (κ1) is 8.58. The monoisotopic (exact) mass is 206 g/mol. The molecule has 0 nitrogen and oxygen atoms in total. The van der Waals surface area contributed by atoms with Crippen molar-refractivity contribution in [2.45, 2.75) is 25.7 Å². The molecule has 0 aliphatic heterocycles. The van der Waals surface area contributed by atoms with E-state index in [1.807, 2.05) is 0 Å². The SMILES string of the molecule is C1=C2C=c3ccccc3=C2C2=C1CCCC2. The van der Waals surface area contributed by atoms with E-state index in [2.05, 4.69) is 36.4 Å². The summed E-state index contributed by atoms with van der Waals surface area (Å²) < 4.78 is 0. The van der Waals surface area contributed by atoms with Crippen molar-refractivity contribution in [1.29, 1.82) is 0 Å². The van der Waals surface area contributed by atoms with E-state index in [9.17, 15) is 0 Å². The molecule has 3 aliphatic carbocycles. The third kappa shape index (κ3) is 0.996. The molecule has 0 saturated heterocycles. The van der Waals surface area contributed by atoms with Crippen LogP contribution in [0.25, 0.3) is 11.6 Å². The van der Waals surface area contributed by atoms with E-state index in [0.717, 1.165) is 0 Å². The molecule has 0 saturated carbocycles. The summed E-state index contributed by atoms with van der Waals surface area (Å²) in [6, 6.07) is 8.79. The second-order valence-electron chi connectivity index (χ2n) is 4.92. The number of allylic oxidation sites excluding steroid dienone is 4. The van der Waals surface area contributed by atoms with Crippen LogP contribution >= 0.6 is 0 Å². The van der Waals surface area contributed by atoms with Crippen molar-refractivity contribution in [3.8, 4) is 0 Å². The molecule has 0 aromatic heterocycles. The van der Waals surface area contributed by atoms with Crippen molar-refractivity contribution in [2.75, 3.05) is 0 Å². The van der Waals surface area contributed by atoms with Gasteiger partial charge in [0.2, 0.25) is 0 Å². The highest BCUT2D eigenvalue weighted by molar-refractivity contribution is 5.95. The third-order valence-electron chi connectivity index (χ3n) is 3.97. The van der Waals surface area contributed by atoms with Crippen LogP contribution in [0.3, 0.4) is 0 Å². The quantitative estimate of drug-likeness (QED) is 0.611. The molecular formula is C16H14. The minimum atomic E-state index is 1.28. The van der Waals surface area contributed by atoms with Crippen LogP contribution in [0.4, 0.5) is 0 Å². The summed E-state index contributed by atoms with van der Waals surface area (Å²) in [4.78, 5) is 0. The first-order chi connectivity index (χ1) is 7.93. The zero-order chi connectivity index (χ0) is 10.5. The Kier molecular flexibility index (Phi) is 1.59. The maximum absolute atomic E-state index is 2.42. The number of hydrogen-bond acceptors (Lipinski definition) is 0. The molecule has 0 unspecified atom stereocenters. The van der Waals surface area contributed by atoms with Gasteiger partial charge in [-0.1, -0.05) is 30.3 Å². The first-order valence-corrected chi connectivity index (χ1v) is 6.19. The lowest BCUT2D eigenvalue weighted by Gasteiger charge is -2.14. The van der Waals surface area contributed by atoms with Crippen LogP contribution in [0.15, 0.2) is 47.1 Å². The summed E-state index contributed by atoms with van der Waals surface area (Å²) in [6.07, 6.45) is 10.1. The molecule has 0 fully saturated rings. The second-order valence-corrected chi connectivity index (χ2v) is 4.92. The van der Waals surface area contributed by atoms with E-state index in [4.69, 9.17) is 0 Å². The smallest absolute Gasteiger partial charge is 0.00702 e. The molecule has 0 amide bonds. The van der Waals surface area contributed by atoms with Crippen LogP contribution in [0.5, 0.6) is 0 Å². The summed E-state index contributed by atoms with van der Waals surface area (Å²) >= 11 is 0. The molecule has 0 atom stereocenters. The van der Waals surface area contributed by atoms with E-state index in [1.165, 1.54) is 41.7 Å². The number of fused-ring (bicyclic) bond motifs is 3. The van der Waals surface area contributed by atoms with Gasteiger partial charge in [0.25, 0.3) is 0 Å². The molecule has 3 aliphatic rings. The van der Waals surface area contributed by atoms with Gasteiger partial charge in [0, 0.05) is 0 Å². The molecule has 16 heavy (non-hydrogen) atoms. The fourth-order valence-electron chi connectivity index (χ4n) is 3.26. The minimum absolute atomic E-state index is 1.28. The van der Waals surface area contributed by atoms with Crippen LogP contribution in [-0.4, -0.2) is 0 Å². The maximum atomic E-state index is 2.42. The summed E-state index contributed by atoms with van der Waals surface area (Å²) in [7, 11) is 0. The summed E-state index contributed by atoms with van der Waals surface area (Å²) in [5, 5.41) is 2.86. The average Bonchev–Trinajstić information content (AvgIpc) is 2.83. The molecule has 0 radical (unpaired) electrons. The maximum Gasteiger partial charge on any atom is -0.00702 e. The van der Waals surface area contributed by atoms with Gasteiger partial charge in [-0.05, 0) is 64.5 Å². The van der Waals surface area contributed by atoms with E-state index >= 15 is 0 Å². The highest BCUT2D eigenvalue weighted by Gasteiger charge is 2.25. The number of rotatable bonds is 0. The molecule has 0 spiro atoms. The number of benzene rings is 1. The van der Waals surface area contributed by atoms with Crippen molar-refractivity contribution < 1.29 is 0 Å². The van der Waals surface area contributed by atoms with Crippen LogP contribution < -0.4 is 10.4 Å². The zero-order valence-corrected chi connectivity index (χ0v) is 9.29. The van der Waals surface area contributed by atoms with E-state index < -0.39 is 0 Å². The van der Waals surface area contributed by atoms with Crippen molar-refractivity contribution in [2.24, 2.45) is 0 Å². The van der Waals surface area contributed by atoms with Gasteiger partial charge in [-0.3, -0.25) is 0 Å². The normalized spacial score (nSPS) is 21.2. The molecular weight excluding hydrogens is 192 g/mol. The van der Waals surface area contributed by atoms with Crippen LogP contribution in [0.2, 0.25) is 0 Å². The van der Waals surface area contributed by atoms with E-state index in [-0.39, 0.29) is 0 Å². The Labute approximate surface area is 95.3 Å². The van der Waals surface area contributed by atoms with E-state index in [0.29, 0.717) is 0 Å². The summed E-state index contributed by atoms with van der Waals surface area (Å²) in [5.41, 5.74) is 6.27. The fourth-order valence-corrected chi connectivity index (χ4v) is 3.26. The lowest BCUT2D eigenvalue weighted by atomic mass is 9.90. The Hall–Kier alpha value is -1.56. The second kappa shape index (κ2) is 2.98. The van der Waals surface area contributed by atoms with E-state index in [1.54, 1.807) is 16.7 Å². The third-order valence-corrected chi connectivity index (χ3v) is 3.97. The Morgan fingerprint density at radius 2 is 1.75 bits per heavy atom. The Bertz CT molecular complexity index is 654. The molecule has 1 aromatic carbocycles. The van der Waals surface area contributed by atoms with Gasteiger partial charge >= 0.3 is 0 Å². The molecule has 78 valence electrons. The molecule has 0 bridgehead atoms. The molecule has 0 heteroatoms. The summed E-state index contributed by atoms with van der Waals surface area (Å²) in [6.45, 7) is 0. The fraction of sp³-hybridized carbons (Fsp3) is 0.250. The highest BCUT2D eigenvalue weighted by Crippen LogP contribution is 2.41. The molecule has 0 heterocycles. The standard InChI is InChI=1S/C16H14/c1-3-7-14-11(5-1)9-13-10-12-6-2-4-8-15(12)16(13)14/h1,3,5,7,9-10H,2,4,6,8H2. The highest BCUT2D eigenvalue weighted by atomic mass is 14.3. The molecule has 1 aromatic rings. The van der Waals surface area contributed by atoms with Crippen molar-refractivity contribution in [3.05, 3.63) is 57.5 Å². The van der Waals surface area contributed by atoms with Gasteiger partial charge < -0.3 is 0 Å². The van der Waals surface area contributed by atoms with Crippen molar-refractivity contribution in [1.82, 2.24) is 0 Å². The molecule has 0 N–H and O–H groups in total. The van der Waals surface area contributed by atoms with Crippen LogP contribution in [-0.2, 0) is 0 Å².